The van der Waals surface area contributed by atoms with Gasteiger partial charge in [0.25, 0.3) is 5.56 Å². The van der Waals surface area contributed by atoms with Crippen LogP contribution in [0.4, 0.5) is 5.69 Å². The molecular formula is C14H24N4O. The molecule has 1 aromatic heterocycles. The van der Waals surface area contributed by atoms with Crippen molar-refractivity contribution in [1.29, 1.82) is 0 Å². The third kappa shape index (κ3) is 3.35. The number of aryl methyl sites for hydroxylation is 1. The van der Waals surface area contributed by atoms with Crippen LogP contribution >= 0.6 is 0 Å². The smallest absolute Gasteiger partial charge is 0.268 e. The maximum Gasteiger partial charge on any atom is 0.268 e. The molecule has 19 heavy (non-hydrogen) atoms. The number of nitrogens with zero attached hydrogens (tertiary/aromatic N) is 3. The lowest BCUT2D eigenvalue weighted by atomic mass is 10.00. The van der Waals surface area contributed by atoms with E-state index >= 15 is 0 Å². The molecule has 0 bridgehead atoms. The molecule has 2 rings (SSSR count). The highest BCUT2D eigenvalue weighted by molar-refractivity contribution is 5.40. The van der Waals surface area contributed by atoms with E-state index in [4.69, 9.17) is 0 Å². The molecule has 0 aromatic carbocycles. The molecule has 0 radical (unpaired) electrons. The molecule has 1 saturated carbocycles. The summed E-state index contributed by atoms with van der Waals surface area (Å²) in [5, 5.41) is 7.63. The largest absolute Gasteiger partial charge is 0.376 e. The standard InChI is InChI=1S/C14H24N4O/c1-15-13-6-4-5-11(13)7-8-18-14(19)9-12(10-16-18)17(2)3/h9-11,13,15H,4-8H2,1-3H3. The Morgan fingerprint density at radius 2 is 2.26 bits per heavy atom. The second kappa shape index (κ2) is 6.19. The predicted octanol–water partition coefficient (Wildman–Crippen LogP) is 1.09. The summed E-state index contributed by atoms with van der Waals surface area (Å²) in [6.45, 7) is 0.718. The van der Waals surface area contributed by atoms with E-state index in [-0.39, 0.29) is 5.56 Å². The molecule has 5 heteroatoms. The highest BCUT2D eigenvalue weighted by Crippen LogP contribution is 2.28. The zero-order valence-electron chi connectivity index (χ0n) is 12.1. The molecule has 0 amide bonds. The zero-order valence-corrected chi connectivity index (χ0v) is 12.1. The highest BCUT2D eigenvalue weighted by Gasteiger charge is 2.25. The van der Waals surface area contributed by atoms with Crippen LogP contribution in [0.25, 0.3) is 0 Å². The molecule has 1 aromatic rings. The van der Waals surface area contributed by atoms with Crippen molar-refractivity contribution >= 4 is 5.69 Å². The lowest BCUT2D eigenvalue weighted by Gasteiger charge is -2.19. The van der Waals surface area contributed by atoms with E-state index in [0.29, 0.717) is 12.0 Å². The average molecular weight is 264 g/mol. The fourth-order valence-corrected chi connectivity index (χ4v) is 2.89. The van der Waals surface area contributed by atoms with E-state index in [0.717, 1.165) is 18.7 Å². The van der Waals surface area contributed by atoms with Gasteiger partial charge in [-0.2, -0.15) is 5.10 Å². The summed E-state index contributed by atoms with van der Waals surface area (Å²) in [5.41, 5.74) is 0.848. The Bertz CT molecular complexity index is 469. The summed E-state index contributed by atoms with van der Waals surface area (Å²) >= 11 is 0. The molecule has 5 nitrogen and oxygen atoms in total. The van der Waals surface area contributed by atoms with E-state index < -0.39 is 0 Å². The third-order valence-corrected chi connectivity index (χ3v) is 4.11. The minimum Gasteiger partial charge on any atom is -0.376 e. The lowest BCUT2D eigenvalue weighted by Crippen LogP contribution is -2.31. The first-order chi connectivity index (χ1) is 9.11. The molecule has 1 N–H and O–H groups in total. The first-order valence-electron chi connectivity index (χ1n) is 7.03. The SMILES string of the molecule is CNC1CCCC1CCn1ncc(N(C)C)cc1=O. The summed E-state index contributed by atoms with van der Waals surface area (Å²) < 4.78 is 1.58. The Morgan fingerprint density at radius 3 is 2.89 bits per heavy atom. The second-order valence-corrected chi connectivity index (χ2v) is 5.54. The van der Waals surface area contributed by atoms with Crippen LogP contribution in [0, 0.1) is 5.92 Å². The molecule has 2 atom stereocenters. The molecule has 1 aliphatic rings. The van der Waals surface area contributed by atoms with Crippen LogP contribution in [0.15, 0.2) is 17.1 Å². The fourth-order valence-electron chi connectivity index (χ4n) is 2.89. The Balaban J connectivity index is 1.98. The van der Waals surface area contributed by atoms with Gasteiger partial charge in [0.05, 0.1) is 11.9 Å². The Morgan fingerprint density at radius 1 is 1.47 bits per heavy atom. The van der Waals surface area contributed by atoms with Crippen LogP contribution in [-0.2, 0) is 6.54 Å². The minimum absolute atomic E-state index is 0.00907. The van der Waals surface area contributed by atoms with Crippen LogP contribution in [0.5, 0.6) is 0 Å². The minimum atomic E-state index is -0.00907. The number of aromatic nitrogens is 2. The van der Waals surface area contributed by atoms with Crippen molar-refractivity contribution in [2.24, 2.45) is 5.92 Å². The summed E-state index contributed by atoms with van der Waals surface area (Å²) in [6, 6.07) is 2.26. The van der Waals surface area contributed by atoms with Gasteiger partial charge in [-0.05, 0) is 32.2 Å². The third-order valence-electron chi connectivity index (χ3n) is 4.11. The Labute approximate surface area is 114 Å². The number of hydrogen-bond donors (Lipinski definition) is 1. The number of nitrogens with one attached hydrogen (secondary N) is 1. The maximum absolute atomic E-state index is 12.0. The molecule has 1 heterocycles. The lowest BCUT2D eigenvalue weighted by molar-refractivity contribution is 0.365. The van der Waals surface area contributed by atoms with Crippen LogP contribution < -0.4 is 15.8 Å². The van der Waals surface area contributed by atoms with Crippen LogP contribution in [-0.4, -0.2) is 37.0 Å². The Kier molecular flexibility index (Phi) is 4.58. The van der Waals surface area contributed by atoms with Gasteiger partial charge in [-0.1, -0.05) is 6.42 Å². The molecule has 1 aliphatic carbocycles. The van der Waals surface area contributed by atoms with Crippen molar-refractivity contribution in [3.8, 4) is 0 Å². The fraction of sp³-hybridized carbons (Fsp3) is 0.714. The monoisotopic (exact) mass is 264 g/mol. The molecule has 0 aliphatic heterocycles. The van der Waals surface area contributed by atoms with Crippen molar-refractivity contribution in [3.63, 3.8) is 0 Å². The predicted molar refractivity (Wildman–Crippen MR) is 77.6 cm³/mol. The second-order valence-electron chi connectivity index (χ2n) is 5.54. The molecule has 1 fully saturated rings. The van der Waals surface area contributed by atoms with Crippen LogP contribution in [0.1, 0.15) is 25.7 Å². The van der Waals surface area contributed by atoms with E-state index in [1.807, 2.05) is 26.0 Å². The van der Waals surface area contributed by atoms with Gasteiger partial charge in [0.2, 0.25) is 0 Å². The van der Waals surface area contributed by atoms with Gasteiger partial charge < -0.3 is 10.2 Å². The summed E-state index contributed by atoms with van der Waals surface area (Å²) in [7, 11) is 5.85. The number of hydrogen-bond acceptors (Lipinski definition) is 4. The van der Waals surface area contributed by atoms with Gasteiger partial charge in [0.15, 0.2) is 0 Å². The molecule has 2 unspecified atom stereocenters. The average Bonchev–Trinajstić information content (AvgIpc) is 2.84. The van der Waals surface area contributed by atoms with Gasteiger partial charge in [0.1, 0.15) is 0 Å². The van der Waals surface area contributed by atoms with Gasteiger partial charge in [-0.3, -0.25) is 4.79 Å². The van der Waals surface area contributed by atoms with Gasteiger partial charge >= 0.3 is 0 Å². The van der Waals surface area contributed by atoms with Crippen molar-refractivity contribution in [3.05, 3.63) is 22.6 Å². The van der Waals surface area contributed by atoms with Crippen molar-refractivity contribution in [2.45, 2.75) is 38.3 Å². The normalized spacial score (nSPS) is 22.7. The first-order valence-corrected chi connectivity index (χ1v) is 7.03. The topological polar surface area (TPSA) is 50.2 Å². The molecule has 0 spiro atoms. The summed E-state index contributed by atoms with van der Waals surface area (Å²) in [5.74, 6) is 0.673. The summed E-state index contributed by atoms with van der Waals surface area (Å²) in [6.07, 6.45) is 6.59. The van der Waals surface area contributed by atoms with E-state index in [1.165, 1.54) is 19.3 Å². The van der Waals surface area contributed by atoms with Gasteiger partial charge in [0, 0.05) is 32.7 Å². The highest BCUT2D eigenvalue weighted by atomic mass is 16.1. The van der Waals surface area contributed by atoms with Crippen molar-refractivity contribution in [2.75, 3.05) is 26.0 Å². The van der Waals surface area contributed by atoms with Gasteiger partial charge in [-0.25, -0.2) is 4.68 Å². The van der Waals surface area contributed by atoms with E-state index in [9.17, 15) is 4.79 Å². The van der Waals surface area contributed by atoms with Crippen LogP contribution in [0.3, 0.4) is 0 Å². The van der Waals surface area contributed by atoms with Crippen molar-refractivity contribution < 1.29 is 0 Å². The quantitative estimate of drug-likeness (QED) is 0.865. The first kappa shape index (κ1) is 14.1. The maximum atomic E-state index is 12.0. The summed E-state index contributed by atoms with van der Waals surface area (Å²) in [4.78, 5) is 13.9. The molecular weight excluding hydrogens is 240 g/mol. The van der Waals surface area contributed by atoms with E-state index in [2.05, 4.69) is 10.4 Å². The number of anilines is 1. The zero-order chi connectivity index (χ0) is 13.8. The van der Waals surface area contributed by atoms with Gasteiger partial charge in [-0.15, -0.1) is 0 Å². The van der Waals surface area contributed by atoms with E-state index in [1.54, 1.807) is 16.9 Å². The molecule has 0 saturated heterocycles. The molecule has 106 valence electrons. The van der Waals surface area contributed by atoms with Crippen molar-refractivity contribution in [1.82, 2.24) is 15.1 Å². The Hall–Kier alpha value is -1.36. The van der Waals surface area contributed by atoms with Crippen LogP contribution in [0.2, 0.25) is 0 Å². The number of rotatable bonds is 5.